The zero-order chi connectivity index (χ0) is 16.5. The van der Waals surface area contributed by atoms with Crippen molar-refractivity contribution >= 4 is 14.2 Å². The molecule has 0 fully saturated rings. The Morgan fingerprint density at radius 2 is 1.95 bits per heavy atom. The topological polar surface area (TPSA) is 47.6 Å². The minimum atomic E-state index is -2.16. The van der Waals surface area contributed by atoms with Crippen molar-refractivity contribution in [2.24, 2.45) is 0 Å². The minimum absolute atomic E-state index is 0.0353. The number of hydrogen-bond acceptors (Lipinski definition) is 3. The zero-order valence-corrected chi connectivity index (χ0v) is 15.0. The molecule has 4 nitrogen and oxygen atoms in total. The van der Waals surface area contributed by atoms with Gasteiger partial charge in [-0.15, -0.1) is 0 Å². The number of nitrogens with one attached hydrogen (secondary N) is 1. The summed E-state index contributed by atoms with van der Waals surface area (Å²) in [5.74, 6) is -0.715. The van der Waals surface area contributed by atoms with Gasteiger partial charge in [-0.25, -0.2) is 9.87 Å². The molecule has 6 heteroatoms. The molecule has 1 aliphatic carbocycles. The van der Waals surface area contributed by atoms with Crippen LogP contribution in [0, 0.1) is 0 Å². The second-order valence-corrected chi connectivity index (χ2v) is 11.8. The summed E-state index contributed by atoms with van der Waals surface area (Å²) in [7, 11) is -0.796. The third-order valence-corrected chi connectivity index (χ3v) is 8.81. The van der Waals surface area contributed by atoms with E-state index in [0.29, 0.717) is 5.57 Å². The van der Waals surface area contributed by atoms with Gasteiger partial charge in [-0.1, -0.05) is 26.8 Å². The zero-order valence-electron chi connectivity index (χ0n) is 14.0. The summed E-state index contributed by atoms with van der Waals surface area (Å²) < 4.78 is 20.6. The number of allylic oxidation sites excluding steroid dienone is 2. The van der Waals surface area contributed by atoms with E-state index in [-0.39, 0.29) is 23.2 Å². The molecule has 1 amide bonds. The minimum Gasteiger partial charge on any atom is -0.405 e. The fraction of sp³-hybridized carbons (Fsp3) is 0.667. The normalized spacial score (nSPS) is 23.4. The van der Waals surface area contributed by atoms with Crippen molar-refractivity contribution in [2.45, 2.75) is 57.8 Å². The van der Waals surface area contributed by atoms with Gasteiger partial charge in [0, 0.05) is 12.0 Å². The molecule has 0 spiro atoms. The van der Waals surface area contributed by atoms with Gasteiger partial charge in [-0.2, -0.15) is 0 Å². The average Bonchev–Trinajstić information content (AvgIpc) is 2.31. The van der Waals surface area contributed by atoms with Crippen LogP contribution in [0.1, 0.15) is 34.1 Å². The van der Waals surface area contributed by atoms with Crippen LogP contribution in [0.15, 0.2) is 23.6 Å². The molecular formula is C15H26FNO3Si. The first-order chi connectivity index (χ1) is 9.43. The van der Waals surface area contributed by atoms with E-state index in [2.05, 4.69) is 44.2 Å². The van der Waals surface area contributed by atoms with Gasteiger partial charge in [0.15, 0.2) is 8.32 Å². The van der Waals surface area contributed by atoms with Crippen molar-refractivity contribution < 1.29 is 18.4 Å². The second-order valence-electron chi connectivity index (χ2n) is 7.11. The largest absolute Gasteiger partial charge is 0.405 e. The number of rotatable bonds is 4. The molecule has 0 heterocycles. The van der Waals surface area contributed by atoms with Gasteiger partial charge >= 0.3 is 0 Å². The van der Waals surface area contributed by atoms with E-state index in [1.807, 2.05) is 0 Å². The van der Waals surface area contributed by atoms with Crippen LogP contribution < -0.4 is 5.48 Å². The number of halogens is 1. The van der Waals surface area contributed by atoms with E-state index in [9.17, 15) is 9.18 Å². The standard InChI is InChI=1S/C15H26FNO3Si/c1-14(2,3)21(6,7)20-15(4)10-11(8-9-12(15)16)13(18)17-19-5/h8-9H,10H2,1-7H3,(H,17,18). The fourth-order valence-electron chi connectivity index (χ4n) is 1.97. The lowest BCUT2D eigenvalue weighted by molar-refractivity contribution is -0.128. The maximum Gasteiger partial charge on any atom is 0.270 e. The van der Waals surface area contributed by atoms with Crippen LogP contribution in [-0.2, 0) is 14.1 Å². The number of hydroxylamine groups is 1. The van der Waals surface area contributed by atoms with E-state index >= 15 is 0 Å². The quantitative estimate of drug-likeness (QED) is 0.636. The third-order valence-electron chi connectivity index (χ3n) is 4.24. The van der Waals surface area contributed by atoms with Gasteiger partial charge in [0.1, 0.15) is 11.4 Å². The number of carbonyl (C=O) groups is 1. The molecule has 1 unspecified atom stereocenters. The third kappa shape index (κ3) is 4.02. The Labute approximate surface area is 127 Å². The van der Waals surface area contributed by atoms with Crippen LogP contribution in [0.2, 0.25) is 18.1 Å². The van der Waals surface area contributed by atoms with Gasteiger partial charge in [0.2, 0.25) is 0 Å². The molecule has 1 aliphatic rings. The van der Waals surface area contributed by atoms with Gasteiger partial charge in [0.25, 0.3) is 5.91 Å². The molecule has 0 aromatic carbocycles. The summed E-state index contributed by atoms with van der Waals surface area (Å²) in [5, 5.41) is -0.0353. The molecule has 120 valence electrons. The van der Waals surface area contributed by atoms with Gasteiger partial charge in [-0.05, 0) is 31.1 Å². The highest BCUT2D eigenvalue weighted by Gasteiger charge is 2.46. The Bertz CT molecular complexity index is 480. The van der Waals surface area contributed by atoms with Crippen LogP contribution in [0.3, 0.4) is 0 Å². The van der Waals surface area contributed by atoms with E-state index in [1.54, 1.807) is 6.92 Å². The summed E-state index contributed by atoms with van der Waals surface area (Å²) in [5.41, 5.74) is 1.60. The summed E-state index contributed by atoms with van der Waals surface area (Å²) in [6.07, 6.45) is 2.97. The Morgan fingerprint density at radius 1 is 1.38 bits per heavy atom. The summed E-state index contributed by atoms with van der Waals surface area (Å²) in [6, 6.07) is 0. The van der Waals surface area contributed by atoms with Gasteiger partial charge in [0.05, 0.1) is 7.11 Å². The Morgan fingerprint density at radius 3 is 2.43 bits per heavy atom. The molecule has 0 radical (unpaired) electrons. The summed E-state index contributed by atoms with van der Waals surface area (Å²) in [6.45, 7) is 12.1. The molecule has 0 bridgehead atoms. The second kappa shape index (κ2) is 6.02. The highest BCUT2D eigenvalue weighted by atomic mass is 28.4. The first kappa shape index (κ1) is 18.1. The molecular weight excluding hydrogens is 289 g/mol. The Hall–Kier alpha value is -0.983. The predicted molar refractivity (Wildman–Crippen MR) is 83.7 cm³/mol. The van der Waals surface area contributed by atoms with Crippen LogP contribution in [0.4, 0.5) is 4.39 Å². The highest BCUT2D eigenvalue weighted by Crippen LogP contribution is 2.43. The van der Waals surface area contributed by atoms with Crippen molar-refractivity contribution in [1.29, 1.82) is 0 Å². The Balaban J connectivity index is 3.00. The maximum atomic E-state index is 14.3. The molecule has 0 saturated carbocycles. The first-order valence-corrected chi connectivity index (χ1v) is 9.94. The average molecular weight is 315 g/mol. The monoisotopic (exact) mass is 315 g/mol. The molecule has 0 saturated heterocycles. The van der Waals surface area contributed by atoms with Crippen molar-refractivity contribution in [3.05, 3.63) is 23.6 Å². The lowest BCUT2D eigenvalue weighted by atomic mass is 9.90. The van der Waals surface area contributed by atoms with E-state index in [4.69, 9.17) is 4.43 Å². The molecule has 21 heavy (non-hydrogen) atoms. The summed E-state index contributed by atoms with van der Waals surface area (Å²) in [4.78, 5) is 16.5. The molecule has 0 aliphatic heterocycles. The lowest BCUT2D eigenvalue weighted by Gasteiger charge is -2.44. The Kier molecular flexibility index (Phi) is 5.18. The lowest BCUT2D eigenvalue weighted by Crippen LogP contribution is -2.50. The van der Waals surface area contributed by atoms with Crippen molar-refractivity contribution in [2.75, 3.05) is 7.11 Å². The predicted octanol–water partition coefficient (Wildman–Crippen LogP) is 3.63. The number of amides is 1. The van der Waals surface area contributed by atoms with Gasteiger partial charge < -0.3 is 4.43 Å². The van der Waals surface area contributed by atoms with E-state index < -0.39 is 13.9 Å². The maximum absolute atomic E-state index is 14.3. The van der Waals surface area contributed by atoms with Crippen molar-refractivity contribution in [3.8, 4) is 0 Å². The summed E-state index contributed by atoms with van der Waals surface area (Å²) >= 11 is 0. The molecule has 0 aromatic heterocycles. The molecule has 1 atom stereocenters. The smallest absolute Gasteiger partial charge is 0.270 e. The molecule has 1 N–H and O–H groups in total. The van der Waals surface area contributed by atoms with Crippen molar-refractivity contribution in [1.82, 2.24) is 5.48 Å². The molecule has 0 aromatic rings. The van der Waals surface area contributed by atoms with Crippen LogP contribution in [-0.4, -0.2) is 26.9 Å². The number of hydrogen-bond donors (Lipinski definition) is 1. The highest BCUT2D eigenvalue weighted by molar-refractivity contribution is 6.74. The number of carbonyl (C=O) groups excluding carboxylic acids is 1. The fourth-order valence-corrected chi connectivity index (χ4v) is 3.57. The molecule has 1 rings (SSSR count). The van der Waals surface area contributed by atoms with Gasteiger partial charge in [-0.3, -0.25) is 9.63 Å². The first-order valence-electron chi connectivity index (χ1n) is 7.03. The van der Waals surface area contributed by atoms with E-state index in [0.717, 1.165) is 0 Å². The van der Waals surface area contributed by atoms with Crippen molar-refractivity contribution in [3.63, 3.8) is 0 Å². The SMILES string of the molecule is CONC(=O)C1=CC=C(F)C(C)(O[Si](C)(C)C(C)(C)C)C1. The van der Waals surface area contributed by atoms with Crippen LogP contribution >= 0.6 is 0 Å². The van der Waals surface area contributed by atoms with Crippen LogP contribution in [0.5, 0.6) is 0 Å². The van der Waals surface area contributed by atoms with E-state index in [1.165, 1.54) is 19.3 Å². The van der Waals surface area contributed by atoms with Crippen LogP contribution in [0.25, 0.3) is 0 Å².